The van der Waals surface area contributed by atoms with Gasteiger partial charge in [-0.2, -0.15) is 5.53 Å². The van der Waals surface area contributed by atoms with Crippen LogP contribution >= 0.6 is 0 Å². The first-order valence-corrected chi connectivity index (χ1v) is 2.73. The molecule has 0 atom stereocenters. The second kappa shape index (κ2) is 1.18. The molecule has 3 nitrogen and oxygen atoms in total. The molecular formula is C4H9N3. The van der Waals surface area contributed by atoms with Crippen LogP contribution in [0, 0.1) is 5.92 Å². The van der Waals surface area contributed by atoms with E-state index < -0.39 is 0 Å². The van der Waals surface area contributed by atoms with E-state index >= 15 is 0 Å². The molecule has 0 amide bonds. The maximum Gasteiger partial charge on any atom is 0.0886 e. The Labute approximate surface area is 42.4 Å². The van der Waals surface area contributed by atoms with Crippen LogP contribution in [0.4, 0.5) is 0 Å². The first kappa shape index (κ1) is 3.83. The Morgan fingerprint density at radius 3 is 2.00 bits per heavy atom. The molecule has 2 aliphatic rings. The van der Waals surface area contributed by atoms with Crippen LogP contribution in [-0.4, -0.2) is 6.17 Å². The minimum absolute atomic E-state index is 0.583. The molecule has 1 aliphatic heterocycles. The monoisotopic (exact) mass is 99.1 g/mol. The average molecular weight is 99.1 g/mol. The van der Waals surface area contributed by atoms with Crippen LogP contribution in [0.25, 0.3) is 0 Å². The van der Waals surface area contributed by atoms with Crippen molar-refractivity contribution in [3.05, 3.63) is 0 Å². The number of nitrogens with one attached hydrogen (secondary N) is 3. The molecule has 2 rings (SSSR count). The molecule has 0 aromatic heterocycles. The van der Waals surface area contributed by atoms with Gasteiger partial charge in [-0.05, 0) is 18.8 Å². The molecule has 0 radical (unpaired) electrons. The van der Waals surface area contributed by atoms with Gasteiger partial charge < -0.3 is 0 Å². The SMILES string of the molecule is C1CC1C1NNN1. The van der Waals surface area contributed by atoms with Crippen molar-refractivity contribution in [1.29, 1.82) is 0 Å². The topological polar surface area (TPSA) is 36.1 Å². The summed E-state index contributed by atoms with van der Waals surface area (Å²) in [5.41, 5.74) is 8.88. The Morgan fingerprint density at radius 2 is 1.86 bits per heavy atom. The van der Waals surface area contributed by atoms with Gasteiger partial charge in [-0.15, -0.1) is 0 Å². The van der Waals surface area contributed by atoms with Crippen molar-refractivity contribution in [2.24, 2.45) is 5.92 Å². The largest absolute Gasteiger partial charge is 0.226 e. The lowest BCUT2D eigenvalue weighted by molar-refractivity contribution is 0.164. The van der Waals surface area contributed by atoms with Crippen LogP contribution in [0.2, 0.25) is 0 Å². The van der Waals surface area contributed by atoms with Gasteiger partial charge in [0.25, 0.3) is 0 Å². The zero-order valence-electron chi connectivity index (χ0n) is 4.07. The van der Waals surface area contributed by atoms with E-state index in [-0.39, 0.29) is 0 Å². The van der Waals surface area contributed by atoms with Crippen molar-refractivity contribution in [1.82, 2.24) is 16.4 Å². The molecule has 0 aromatic carbocycles. The zero-order valence-corrected chi connectivity index (χ0v) is 4.07. The van der Waals surface area contributed by atoms with Crippen LogP contribution in [0.15, 0.2) is 0 Å². The lowest BCUT2D eigenvalue weighted by Gasteiger charge is -2.29. The van der Waals surface area contributed by atoms with Crippen molar-refractivity contribution in [3.8, 4) is 0 Å². The van der Waals surface area contributed by atoms with Crippen molar-refractivity contribution < 1.29 is 0 Å². The van der Waals surface area contributed by atoms with Gasteiger partial charge in [-0.3, -0.25) is 0 Å². The van der Waals surface area contributed by atoms with Gasteiger partial charge in [0.05, 0.1) is 6.17 Å². The van der Waals surface area contributed by atoms with Gasteiger partial charge in [0.15, 0.2) is 0 Å². The van der Waals surface area contributed by atoms with E-state index in [1.807, 2.05) is 0 Å². The van der Waals surface area contributed by atoms with E-state index in [9.17, 15) is 0 Å². The van der Waals surface area contributed by atoms with Gasteiger partial charge in [-0.1, -0.05) is 0 Å². The molecule has 3 N–H and O–H groups in total. The summed E-state index contributed by atoms with van der Waals surface area (Å²) in [6.07, 6.45) is 3.37. The standard InChI is InChI=1S/C4H9N3/c1-2-3(1)4-5-7-6-4/h3-7H,1-2H2. The van der Waals surface area contributed by atoms with E-state index in [0.29, 0.717) is 6.17 Å². The predicted octanol–water partition coefficient (Wildman–Crippen LogP) is -0.665. The summed E-state index contributed by atoms with van der Waals surface area (Å²) in [7, 11) is 0. The summed E-state index contributed by atoms with van der Waals surface area (Å²) in [5, 5.41) is 0. The third-order valence-electron chi connectivity index (χ3n) is 1.55. The average Bonchev–Trinajstić information content (AvgIpc) is 2.10. The first-order valence-electron chi connectivity index (χ1n) is 2.73. The third kappa shape index (κ3) is 0.534. The number of hydrogen-bond acceptors (Lipinski definition) is 3. The highest BCUT2D eigenvalue weighted by Crippen LogP contribution is 2.31. The molecule has 3 heteroatoms. The minimum atomic E-state index is 0.583. The molecule has 7 heavy (non-hydrogen) atoms. The summed E-state index contributed by atoms with van der Waals surface area (Å²) in [4.78, 5) is 0. The molecule has 1 heterocycles. The molecule has 0 unspecified atom stereocenters. The number of rotatable bonds is 1. The van der Waals surface area contributed by atoms with E-state index in [1.165, 1.54) is 12.8 Å². The van der Waals surface area contributed by atoms with Crippen LogP contribution in [0.3, 0.4) is 0 Å². The van der Waals surface area contributed by atoms with E-state index in [0.717, 1.165) is 5.92 Å². The highest BCUT2D eigenvalue weighted by atomic mass is 15.7. The van der Waals surface area contributed by atoms with Gasteiger partial charge in [0.2, 0.25) is 0 Å². The van der Waals surface area contributed by atoms with Crippen LogP contribution in [0.5, 0.6) is 0 Å². The summed E-state index contributed by atoms with van der Waals surface area (Å²) in [6.45, 7) is 0. The second-order valence-corrected chi connectivity index (χ2v) is 2.23. The molecule has 0 bridgehead atoms. The summed E-state index contributed by atoms with van der Waals surface area (Å²) < 4.78 is 0. The van der Waals surface area contributed by atoms with E-state index in [1.54, 1.807) is 0 Å². The molecule has 1 saturated carbocycles. The van der Waals surface area contributed by atoms with Crippen LogP contribution < -0.4 is 16.4 Å². The maximum atomic E-state index is 3.05. The molecular weight excluding hydrogens is 90.1 g/mol. The Bertz CT molecular complexity index is 75.0. The normalized spacial score (nSPS) is 32.6. The molecule has 0 aromatic rings. The number of hydrazine groups is 2. The molecule has 2 fully saturated rings. The van der Waals surface area contributed by atoms with E-state index in [2.05, 4.69) is 16.4 Å². The van der Waals surface area contributed by atoms with Gasteiger partial charge >= 0.3 is 0 Å². The first-order chi connectivity index (χ1) is 3.47. The van der Waals surface area contributed by atoms with Crippen molar-refractivity contribution >= 4 is 0 Å². The summed E-state index contributed by atoms with van der Waals surface area (Å²) in [5.74, 6) is 0.918. The van der Waals surface area contributed by atoms with Gasteiger partial charge in [0, 0.05) is 0 Å². The lowest BCUT2D eigenvalue weighted by Crippen LogP contribution is -2.70. The Kier molecular flexibility index (Phi) is 0.647. The van der Waals surface area contributed by atoms with Crippen LogP contribution in [-0.2, 0) is 0 Å². The van der Waals surface area contributed by atoms with Gasteiger partial charge in [-0.25, -0.2) is 10.9 Å². The van der Waals surface area contributed by atoms with Crippen molar-refractivity contribution in [3.63, 3.8) is 0 Å². The number of hydrogen-bond donors (Lipinski definition) is 3. The summed E-state index contributed by atoms with van der Waals surface area (Å²) in [6, 6.07) is 0. The fourth-order valence-corrected chi connectivity index (χ4v) is 0.821. The Balaban J connectivity index is 1.83. The third-order valence-corrected chi connectivity index (χ3v) is 1.55. The second-order valence-electron chi connectivity index (χ2n) is 2.23. The lowest BCUT2D eigenvalue weighted by atomic mass is 10.3. The van der Waals surface area contributed by atoms with Crippen LogP contribution in [0.1, 0.15) is 12.8 Å². The highest BCUT2D eigenvalue weighted by molar-refractivity contribution is 4.85. The quantitative estimate of drug-likeness (QED) is 0.408. The molecule has 40 valence electrons. The predicted molar refractivity (Wildman–Crippen MR) is 25.9 cm³/mol. The van der Waals surface area contributed by atoms with Gasteiger partial charge in [0.1, 0.15) is 0 Å². The fraction of sp³-hybridized carbons (Fsp3) is 1.00. The van der Waals surface area contributed by atoms with E-state index in [4.69, 9.17) is 0 Å². The molecule has 0 spiro atoms. The highest BCUT2D eigenvalue weighted by Gasteiger charge is 2.34. The fourth-order valence-electron chi connectivity index (χ4n) is 0.821. The Hall–Kier alpha value is -0.120. The molecule has 1 saturated heterocycles. The zero-order chi connectivity index (χ0) is 4.69. The van der Waals surface area contributed by atoms with Crippen molar-refractivity contribution in [2.45, 2.75) is 19.0 Å². The minimum Gasteiger partial charge on any atom is -0.226 e. The summed E-state index contributed by atoms with van der Waals surface area (Å²) >= 11 is 0. The van der Waals surface area contributed by atoms with Crippen molar-refractivity contribution in [2.75, 3.05) is 0 Å². The molecule has 1 aliphatic carbocycles. The Morgan fingerprint density at radius 1 is 1.14 bits per heavy atom. The maximum absolute atomic E-state index is 3.05. The smallest absolute Gasteiger partial charge is 0.0886 e.